The molecule has 156 valence electrons. The molecule has 5 atom stereocenters. The molecular formula is C19H25ClN6O3. The van der Waals surface area contributed by atoms with Gasteiger partial charge in [0.05, 0.1) is 5.69 Å². The van der Waals surface area contributed by atoms with Crippen LogP contribution in [0.3, 0.4) is 0 Å². The van der Waals surface area contributed by atoms with Crippen molar-refractivity contribution < 1.29 is 14.9 Å². The van der Waals surface area contributed by atoms with Crippen LogP contribution in [0.4, 0.5) is 5.69 Å². The number of aromatic hydroxyl groups is 1. The molecule has 0 saturated carbocycles. The van der Waals surface area contributed by atoms with Gasteiger partial charge in [-0.3, -0.25) is 0 Å². The maximum absolute atomic E-state index is 10.7. The number of piperidine rings is 1. The van der Waals surface area contributed by atoms with Crippen molar-refractivity contribution in [1.82, 2.24) is 4.90 Å². The first-order valence-corrected chi connectivity index (χ1v) is 9.39. The molecule has 0 aromatic heterocycles. The summed E-state index contributed by atoms with van der Waals surface area (Å²) in [7, 11) is 2.12. The molecule has 1 aromatic carbocycles. The third-order valence-corrected chi connectivity index (χ3v) is 6.73. The average molecular weight is 421 g/mol. The van der Waals surface area contributed by atoms with E-state index in [4.69, 9.17) is 21.9 Å². The van der Waals surface area contributed by atoms with Crippen molar-refractivity contribution in [3.8, 4) is 11.5 Å². The highest BCUT2D eigenvalue weighted by atomic mass is 35.5. The van der Waals surface area contributed by atoms with Crippen LogP contribution in [0.5, 0.6) is 11.5 Å². The molecule has 2 bridgehead atoms. The van der Waals surface area contributed by atoms with Gasteiger partial charge in [-0.15, -0.1) is 12.4 Å². The number of rotatable bonds is 1. The Morgan fingerprint density at radius 1 is 1.31 bits per heavy atom. The molecule has 2 heterocycles. The molecule has 0 amide bonds. The Hall–Kier alpha value is -2.49. The van der Waals surface area contributed by atoms with Crippen LogP contribution in [0.2, 0.25) is 0 Å². The number of hydrogen-bond donors (Lipinski definition) is 5. The number of phenols is 1. The van der Waals surface area contributed by atoms with Gasteiger partial charge >= 0.3 is 0 Å². The van der Waals surface area contributed by atoms with E-state index in [-0.39, 0.29) is 47.5 Å². The summed E-state index contributed by atoms with van der Waals surface area (Å²) in [6.45, 7) is 0.894. The van der Waals surface area contributed by atoms with Crippen molar-refractivity contribution in [2.75, 3.05) is 13.6 Å². The predicted octanol–water partition coefficient (Wildman–Crippen LogP) is -0.160. The minimum absolute atomic E-state index is 0. The zero-order chi connectivity index (χ0) is 19.8. The number of nitrogens with two attached hydrogens (primary N) is 3. The Bertz CT molecular complexity index is 960. The second-order valence-corrected chi connectivity index (χ2v) is 8.09. The molecule has 1 spiro atoms. The average Bonchev–Trinajstić information content (AvgIpc) is 2.97. The molecule has 8 N–H and O–H groups in total. The fraction of sp³-hybridized carbons (Fsp3) is 0.474. The Morgan fingerprint density at radius 3 is 2.79 bits per heavy atom. The molecule has 0 unspecified atom stereocenters. The Balaban J connectivity index is 0.00000205. The van der Waals surface area contributed by atoms with Crippen LogP contribution < -0.4 is 21.9 Å². The van der Waals surface area contributed by atoms with E-state index >= 15 is 0 Å². The fourth-order valence-corrected chi connectivity index (χ4v) is 5.68. The molecule has 29 heavy (non-hydrogen) atoms. The number of benzene rings is 1. The minimum Gasteiger partial charge on any atom is -0.504 e. The topological polar surface area (TPSA) is 156 Å². The smallest absolute Gasteiger partial charge is 0.223 e. The molecule has 1 aromatic rings. The number of likely N-dealkylation sites (N-methyl/N-ethyl adjacent to an activating group) is 1. The number of likely N-dealkylation sites (tertiary alicyclic amines) is 1. The zero-order valence-corrected chi connectivity index (χ0v) is 16.8. The second-order valence-electron chi connectivity index (χ2n) is 8.09. The van der Waals surface area contributed by atoms with Crippen molar-refractivity contribution in [3.63, 3.8) is 0 Å². The predicted molar refractivity (Wildman–Crippen MR) is 112 cm³/mol. The molecule has 9 nitrogen and oxygen atoms in total. The number of aliphatic hydroxyl groups excluding tert-OH is 1. The van der Waals surface area contributed by atoms with Crippen molar-refractivity contribution in [2.24, 2.45) is 33.1 Å². The van der Waals surface area contributed by atoms with Crippen LogP contribution in [0.15, 0.2) is 28.2 Å². The lowest BCUT2D eigenvalue weighted by atomic mass is 9.53. The number of hydrogen-bond acceptors (Lipinski definition) is 5. The standard InChI is InChI=1S/C19H24N6O3.ClH/c1-25-5-4-19-9-2-3-12(26)16(19)28-15-13(27)7-10(23-18(22)24-17(20)21)8(14(15)19)6-11(9)25;/h2-3,7,9,11-12,16,26-27H,4-6H2,1H3,(H6,20,21,22,23,24);1H/t9-,11+,12-,16-,19-;/m0./s1. The fourth-order valence-electron chi connectivity index (χ4n) is 5.68. The summed E-state index contributed by atoms with van der Waals surface area (Å²) in [5.74, 6) is 0.381. The first kappa shape index (κ1) is 19.8. The van der Waals surface area contributed by atoms with Gasteiger partial charge in [0.1, 0.15) is 12.2 Å². The molecule has 0 radical (unpaired) electrons. The number of aliphatic hydroxyl groups is 1. The number of phenolic OH excluding ortho intramolecular Hbond substituents is 1. The van der Waals surface area contributed by atoms with E-state index in [0.29, 0.717) is 11.4 Å². The van der Waals surface area contributed by atoms with E-state index in [1.54, 1.807) is 0 Å². The lowest BCUT2D eigenvalue weighted by molar-refractivity contribution is -0.0452. The number of halogens is 1. The first-order chi connectivity index (χ1) is 13.3. The highest BCUT2D eigenvalue weighted by Gasteiger charge is 2.64. The summed E-state index contributed by atoms with van der Waals surface area (Å²) in [4.78, 5) is 10.5. The van der Waals surface area contributed by atoms with Crippen LogP contribution >= 0.6 is 12.4 Å². The van der Waals surface area contributed by atoms with Crippen molar-refractivity contribution in [2.45, 2.75) is 36.5 Å². The molecule has 10 heteroatoms. The zero-order valence-electron chi connectivity index (χ0n) is 15.9. The highest BCUT2D eigenvalue weighted by molar-refractivity contribution is 5.94. The number of guanidine groups is 2. The van der Waals surface area contributed by atoms with E-state index in [0.717, 1.165) is 30.5 Å². The summed E-state index contributed by atoms with van der Waals surface area (Å²) in [6, 6.07) is 1.78. The molecule has 2 aliphatic carbocycles. The van der Waals surface area contributed by atoms with Gasteiger partial charge in [-0.1, -0.05) is 12.2 Å². The normalized spacial score (nSPS) is 34.1. The quantitative estimate of drug-likeness (QED) is 0.240. The summed E-state index contributed by atoms with van der Waals surface area (Å²) >= 11 is 0. The summed E-state index contributed by atoms with van der Waals surface area (Å²) in [5, 5.41) is 21.3. The van der Waals surface area contributed by atoms with E-state index < -0.39 is 12.2 Å². The largest absolute Gasteiger partial charge is 0.504 e. The molecule has 5 rings (SSSR count). The highest BCUT2D eigenvalue weighted by Crippen LogP contribution is 2.63. The van der Waals surface area contributed by atoms with E-state index in [2.05, 4.69) is 28.0 Å². The van der Waals surface area contributed by atoms with Gasteiger partial charge in [0.2, 0.25) is 5.96 Å². The lowest BCUT2D eigenvalue weighted by Gasteiger charge is -2.56. The third kappa shape index (κ3) is 2.54. The van der Waals surface area contributed by atoms with Crippen LogP contribution in [0.1, 0.15) is 17.5 Å². The van der Waals surface area contributed by atoms with Crippen molar-refractivity contribution >= 4 is 30.0 Å². The summed E-state index contributed by atoms with van der Waals surface area (Å²) in [5.41, 5.74) is 18.7. The molecule has 2 aliphatic heterocycles. The third-order valence-electron chi connectivity index (χ3n) is 6.73. The number of ether oxygens (including phenoxy) is 1. The molecule has 1 fully saturated rings. The molecular weight excluding hydrogens is 396 g/mol. The molecule has 4 aliphatic rings. The van der Waals surface area contributed by atoms with Gasteiger partial charge in [-0.05, 0) is 32.0 Å². The van der Waals surface area contributed by atoms with Gasteiger partial charge in [0.25, 0.3) is 0 Å². The number of nitrogens with zero attached hydrogens (tertiary/aromatic N) is 3. The lowest BCUT2D eigenvalue weighted by Crippen LogP contribution is -2.64. The maximum Gasteiger partial charge on any atom is 0.223 e. The van der Waals surface area contributed by atoms with Gasteiger partial charge in [-0.25, -0.2) is 4.99 Å². The van der Waals surface area contributed by atoms with Crippen molar-refractivity contribution in [1.29, 1.82) is 0 Å². The van der Waals surface area contributed by atoms with Crippen LogP contribution in [-0.4, -0.2) is 58.9 Å². The van der Waals surface area contributed by atoms with E-state index in [9.17, 15) is 10.2 Å². The second kappa shape index (κ2) is 6.51. The Morgan fingerprint density at radius 2 is 2.07 bits per heavy atom. The van der Waals surface area contributed by atoms with Gasteiger partial charge in [-0.2, -0.15) is 4.99 Å². The van der Waals surface area contributed by atoms with E-state index in [1.807, 2.05) is 6.08 Å². The number of aliphatic imine (C=N–C) groups is 2. The van der Waals surface area contributed by atoms with E-state index in [1.165, 1.54) is 6.07 Å². The Labute approximate surface area is 174 Å². The minimum atomic E-state index is -0.725. The molecule has 1 saturated heterocycles. The van der Waals surface area contributed by atoms with Crippen LogP contribution in [0, 0.1) is 5.92 Å². The summed E-state index contributed by atoms with van der Waals surface area (Å²) in [6.07, 6.45) is 4.35. The van der Waals surface area contributed by atoms with Gasteiger partial charge in [0.15, 0.2) is 17.5 Å². The van der Waals surface area contributed by atoms with Gasteiger partial charge in [0, 0.05) is 29.0 Å². The van der Waals surface area contributed by atoms with Crippen LogP contribution in [0.25, 0.3) is 0 Å². The van der Waals surface area contributed by atoms with Gasteiger partial charge < -0.3 is 37.1 Å². The summed E-state index contributed by atoms with van der Waals surface area (Å²) < 4.78 is 6.16. The first-order valence-electron chi connectivity index (χ1n) is 9.39. The van der Waals surface area contributed by atoms with Crippen LogP contribution in [-0.2, 0) is 11.8 Å². The monoisotopic (exact) mass is 420 g/mol. The SMILES string of the molecule is CN1CC[C@]23c4c5c(N=C(N)N=C(N)N)cc(O)c4O[C@H]2[C@@H](O)C=C[C@H]3[C@H]1C5.Cl. The maximum atomic E-state index is 10.7. The van der Waals surface area contributed by atoms with Crippen molar-refractivity contribution in [3.05, 3.63) is 29.3 Å². The Kier molecular flexibility index (Phi) is 4.45.